The van der Waals surface area contributed by atoms with Crippen LogP contribution in [-0.2, 0) is 0 Å². The molecule has 0 spiro atoms. The first-order valence-electron chi connectivity index (χ1n) is 6.73. The summed E-state index contributed by atoms with van der Waals surface area (Å²) in [4.78, 5) is 2.35. The molecule has 1 aromatic rings. The van der Waals surface area contributed by atoms with Crippen LogP contribution in [0, 0.1) is 5.41 Å². The van der Waals surface area contributed by atoms with E-state index in [-0.39, 0.29) is 0 Å². The molecule has 2 N–H and O–H groups in total. The number of ether oxygens (including phenoxy) is 2. The Balaban J connectivity index is 2.34. The van der Waals surface area contributed by atoms with Crippen LogP contribution in [0.25, 0.3) is 0 Å². The Hall–Kier alpha value is -1.58. The molecule has 0 aliphatic carbocycles. The number of piperidine rings is 1. The fourth-order valence-corrected chi connectivity index (χ4v) is 2.79. The molecule has 1 saturated heterocycles. The van der Waals surface area contributed by atoms with Crippen molar-refractivity contribution in [3.05, 3.63) is 12.1 Å². The van der Waals surface area contributed by atoms with Gasteiger partial charge < -0.3 is 20.1 Å². The molecular weight excluding hydrogens is 240 g/mol. The fraction of sp³-hybridized carbons (Fsp3) is 0.600. The van der Waals surface area contributed by atoms with E-state index in [0.717, 1.165) is 30.2 Å². The summed E-state index contributed by atoms with van der Waals surface area (Å²) in [6, 6.07) is 3.82. The Kier molecular flexibility index (Phi) is 3.78. The highest BCUT2D eigenvalue weighted by atomic mass is 16.5. The van der Waals surface area contributed by atoms with E-state index in [9.17, 15) is 0 Å². The van der Waals surface area contributed by atoms with E-state index >= 15 is 0 Å². The largest absolute Gasteiger partial charge is 0.493 e. The maximum absolute atomic E-state index is 6.16. The molecule has 1 fully saturated rings. The summed E-state index contributed by atoms with van der Waals surface area (Å²) in [6.07, 6.45) is 2.46. The molecule has 0 bridgehead atoms. The first-order chi connectivity index (χ1) is 8.96. The topological polar surface area (TPSA) is 47.7 Å². The van der Waals surface area contributed by atoms with E-state index in [2.05, 4.69) is 18.7 Å². The van der Waals surface area contributed by atoms with Crippen molar-refractivity contribution in [1.29, 1.82) is 0 Å². The second-order valence-corrected chi connectivity index (χ2v) is 5.96. The normalized spacial score (nSPS) is 18.2. The van der Waals surface area contributed by atoms with Gasteiger partial charge in [-0.2, -0.15) is 0 Å². The van der Waals surface area contributed by atoms with Crippen molar-refractivity contribution in [2.45, 2.75) is 26.7 Å². The number of anilines is 2. The Morgan fingerprint density at radius 2 is 1.79 bits per heavy atom. The average Bonchev–Trinajstić information content (AvgIpc) is 2.37. The van der Waals surface area contributed by atoms with Crippen LogP contribution in [0.3, 0.4) is 0 Å². The van der Waals surface area contributed by atoms with Crippen LogP contribution in [0.2, 0.25) is 0 Å². The summed E-state index contributed by atoms with van der Waals surface area (Å²) in [5, 5.41) is 0. The van der Waals surface area contributed by atoms with Gasteiger partial charge in [0.05, 0.1) is 25.6 Å². The molecule has 0 unspecified atom stereocenters. The van der Waals surface area contributed by atoms with E-state index in [1.807, 2.05) is 12.1 Å². The van der Waals surface area contributed by atoms with Gasteiger partial charge >= 0.3 is 0 Å². The molecule has 1 heterocycles. The van der Waals surface area contributed by atoms with Gasteiger partial charge in [-0.3, -0.25) is 0 Å². The zero-order chi connectivity index (χ0) is 14.0. The average molecular weight is 264 g/mol. The smallest absolute Gasteiger partial charge is 0.162 e. The third kappa shape index (κ3) is 2.88. The molecule has 4 nitrogen and oxygen atoms in total. The number of benzene rings is 1. The summed E-state index contributed by atoms with van der Waals surface area (Å²) < 4.78 is 10.6. The number of nitrogen functional groups attached to an aromatic ring is 1. The minimum absolute atomic E-state index is 0.331. The van der Waals surface area contributed by atoms with Crippen molar-refractivity contribution in [1.82, 2.24) is 0 Å². The van der Waals surface area contributed by atoms with Gasteiger partial charge in [0.15, 0.2) is 11.5 Å². The summed E-state index contributed by atoms with van der Waals surface area (Å²) in [5.41, 5.74) is 8.29. The van der Waals surface area contributed by atoms with Gasteiger partial charge in [-0.15, -0.1) is 0 Å². The van der Waals surface area contributed by atoms with Gasteiger partial charge in [-0.1, -0.05) is 13.8 Å². The van der Waals surface area contributed by atoms with E-state index in [1.54, 1.807) is 14.2 Å². The SMILES string of the molecule is COc1cc(N)c(N2CCCC(C)(C)C2)cc1OC. The van der Waals surface area contributed by atoms with E-state index in [4.69, 9.17) is 15.2 Å². The Morgan fingerprint density at radius 1 is 1.16 bits per heavy atom. The van der Waals surface area contributed by atoms with E-state index in [1.165, 1.54) is 12.8 Å². The lowest BCUT2D eigenvalue weighted by atomic mass is 9.84. The summed E-state index contributed by atoms with van der Waals surface area (Å²) in [5.74, 6) is 1.41. The maximum Gasteiger partial charge on any atom is 0.162 e. The molecule has 0 atom stereocenters. The zero-order valence-corrected chi connectivity index (χ0v) is 12.3. The molecule has 106 valence electrons. The Labute approximate surface area is 115 Å². The Bertz CT molecular complexity index is 458. The van der Waals surface area contributed by atoms with Crippen LogP contribution in [0.4, 0.5) is 11.4 Å². The molecule has 0 radical (unpaired) electrons. The number of rotatable bonds is 3. The molecule has 0 aromatic heterocycles. The first kappa shape index (κ1) is 13.8. The van der Waals surface area contributed by atoms with Gasteiger partial charge in [-0.25, -0.2) is 0 Å². The van der Waals surface area contributed by atoms with Crippen LogP contribution < -0.4 is 20.1 Å². The van der Waals surface area contributed by atoms with Gasteiger partial charge in [-0.05, 0) is 18.3 Å². The number of hydrogen-bond donors (Lipinski definition) is 1. The number of nitrogens with two attached hydrogens (primary N) is 1. The molecule has 1 aliphatic heterocycles. The fourth-order valence-electron chi connectivity index (χ4n) is 2.79. The lowest BCUT2D eigenvalue weighted by Crippen LogP contribution is -2.40. The first-order valence-corrected chi connectivity index (χ1v) is 6.73. The van der Waals surface area contributed by atoms with Crippen molar-refractivity contribution in [2.24, 2.45) is 5.41 Å². The minimum atomic E-state index is 0.331. The van der Waals surface area contributed by atoms with Crippen LogP contribution in [0.1, 0.15) is 26.7 Å². The highest BCUT2D eigenvalue weighted by Gasteiger charge is 2.28. The van der Waals surface area contributed by atoms with Crippen molar-refractivity contribution >= 4 is 11.4 Å². The van der Waals surface area contributed by atoms with Crippen molar-refractivity contribution in [3.63, 3.8) is 0 Å². The predicted molar refractivity (Wildman–Crippen MR) is 79.2 cm³/mol. The van der Waals surface area contributed by atoms with Gasteiger partial charge in [0.25, 0.3) is 0 Å². The molecule has 1 aliphatic rings. The molecule has 1 aromatic carbocycles. The van der Waals surface area contributed by atoms with Crippen molar-refractivity contribution < 1.29 is 9.47 Å². The monoisotopic (exact) mass is 264 g/mol. The lowest BCUT2D eigenvalue weighted by Gasteiger charge is -2.40. The molecular formula is C15H24N2O2. The molecule has 0 amide bonds. The number of methoxy groups -OCH3 is 2. The minimum Gasteiger partial charge on any atom is -0.493 e. The number of nitrogens with zero attached hydrogens (tertiary/aromatic N) is 1. The van der Waals surface area contributed by atoms with E-state index in [0.29, 0.717) is 11.2 Å². The molecule has 19 heavy (non-hydrogen) atoms. The summed E-state index contributed by atoms with van der Waals surface area (Å²) in [7, 11) is 3.28. The summed E-state index contributed by atoms with van der Waals surface area (Å²) in [6.45, 7) is 6.67. The number of hydrogen-bond acceptors (Lipinski definition) is 4. The van der Waals surface area contributed by atoms with Crippen molar-refractivity contribution in [3.8, 4) is 11.5 Å². The van der Waals surface area contributed by atoms with E-state index < -0.39 is 0 Å². The highest BCUT2D eigenvalue weighted by molar-refractivity contribution is 5.73. The molecule has 4 heteroatoms. The second kappa shape index (κ2) is 5.19. The van der Waals surface area contributed by atoms with Gasteiger partial charge in [0.2, 0.25) is 0 Å². The van der Waals surface area contributed by atoms with Crippen LogP contribution in [-0.4, -0.2) is 27.3 Å². The molecule has 2 rings (SSSR count). The zero-order valence-electron chi connectivity index (χ0n) is 12.3. The van der Waals surface area contributed by atoms with Gasteiger partial charge in [0.1, 0.15) is 0 Å². The quantitative estimate of drug-likeness (QED) is 0.853. The predicted octanol–water partition coefficient (Wildman–Crippen LogP) is 2.91. The lowest BCUT2D eigenvalue weighted by molar-refractivity contribution is 0.293. The summed E-state index contributed by atoms with van der Waals surface area (Å²) >= 11 is 0. The molecule has 0 saturated carbocycles. The van der Waals surface area contributed by atoms with Gasteiger partial charge in [0, 0.05) is 25.2 Å². The van der Waals surface area contributed by atoms with Crippen LogP contribution >= 0.6 is 0 Å². The third-order valence-corrected chi connectivity index (χ3v) is 3.77. The third-order valence-electron chi connectivity index (χ3n) is 3.77. The highest BCUT2D eigenvalue weighted by Crippen LogP contribution is 2.39. The standard InChI is InChI=1S/C15H24N2O2/c1-15(2)6-5-7-17(10-15)12-9-14(19-4)13(18-3)8-11(12)16/h8-9H,5-7,10,16H2,1-4H3. The van der Waals surface area contributed by atoms with Crippen LogP contribution in [0.15, 0.2) is 12.1 Å². The second-order valence-electron chi connectivity index (χ2n) is 5.96. The maximum atomic E-state index is 6.16. The van der Waals surface area contributed by atoms with Crippen LogP contribution in [0.5, 0.6) is 11.5 Å². The van der Waals surface area contributed by atoms with Crippen molar-refractivity contribution in [2.75, 3.05) is 37.9 Å². The Morgan fingerprint density at radius 3 is 2.37 bits per heavy atom.